The van der Waals surface area contributed by atoms with Gasteiger partial charge in [-0.3, -0.25) is 4.84 Å². The molecule has 34 heavy (non-hydrogen) atoms. The molecule has 3 aliphatic carbocycles. The van der Waals surface area contributed by atoms with Crippen LogP contribution in [0.15, 0.2) is 0 Å². The van der Waals surface area contributed by atoms with E-state index in [4.69, 9.17) is 14.7 Å². The molecule has 196 valence electrons. The lowest BCUT2D eigenvalue weighted by Crippen LogP contribution is -2.44. The zero-order chi connectivity index (χ0) is 24.5. The van der Waals surface area contributed by atoms with E-state index in [1.54, 1.807) is 0 Å². The summed E-state index contributed by atoms with van der Waals surface area (Å²) in [6.45, 7) is 6.66. The predicted octanol–water partition coefficient (Wildman–Crippen LogP) is 5.92. The predicted molar refractivity (Wildman–Crippen MR) is 132 cm³/mol. The van der Waals surface area contributed by atoms with Crippen molar-refractivity contribution in [2.24, 2.45) is 17.8 Å². The standard InChI is InChI=1S/C15H25NO5.C12H23N/c1-9(2)11-5-4-10(3)8-13(11)21-15(19)16-12(14(17)18)6-7-20-16;1-3-7-11(8-4-1)13-12-9-5-2-6-10-12/h9-13H,4-8H2,1-3H3,(H,17,18);11-13H,1-10H2. The number of carboxylic acids is 1. The van der Waals surface area contributed by atoms with Crippen LogP contribution in [-0.4, -0.2) is 53.1 Å². The molecule has 7 heteroatoms. The second-order valence-electron chi connectivity index (χ2n) is 11.4. The Morgan fingerprint density at radius 3 is 2.03 bits per heavy atom. The molecule has 0 spiro atoms. The van der Waals surface area contributed by atoms with Gasteiger partial charge in [0, 0.05) is 18.5 Å². The summed E-state index contributed by atoms with van der Waals surface area (Å²) in [4.78, 5) is 28.5. The van der Waals surface area contributed by atoms with Gasteiger partial charge in [0.2, 0.25) is 0 Å². The Labute approximate surface area is 206 Å². The first-order chi connectivity index (χ1) is 16.3. The number of carbonyl (C=O) groups is 2. The highest BCUT2D eigenvalue weighted by atomic mass is 16.7. The lowest BCUT2D eigenvalue weighted by Gasteiger charge is -2.37. The van der Waals surface area contributed by atoms with Crippen LogP contribution in [0.2, 0.25) is 0 Å². The van der Waals surface area contributed by atoms with Crippen molar-refractivity contribution in [3.8, 4) is 0 Å². The normalized spacial score (nSPS) is 31.1. The molecule has 4 aliphatic rings. The molecule has 2 N–H and O–H groups in total. The molecule has 0 aromatic carbocycles. The fraction of sp³-hybridized carbons (Fsp3) is 0.926. The molecule has 0 bridgehead atoms. The highest BCUT2D eigenvalue weighted by Gasteiger charge is 2.40. The third kappa shape index (κ3) is 8.11. The first kappa shape index (κ1) is 27.3. The van der Waals surface area contributed by atoms with E-state index in [-0.39, 0.29) is 12.7 Å². The summed E-state index contributed by atoms with van der Waals surface area (Å²) >= 11 is 0. The van der Waals surface area contributed by atoms with E-state index in [0.717, 1.165) is 36.4 Å². The summed E-state index contributed by atoms with van der Waals surface area (Å²) in [6.07, 6.45) is 17.1. The van der Waals surface area contributed by atoms with Crippen LogP contribution in [0.1, 0.15) is 111 Å². The van der Waals surface area contributed by atoms with Crippen LogP contribution in [0.3, 0.4) is 0 Å². The van der Waals surface area contributed by atoms with Crippen LogP contribution >= 0.6 is 0 Å². The molecule has 7 nitrogen and oxygen atoms in total. The molecule has 4 atom stereocenters. The van der Waals surface area contributed by atoms with Crippen LogP contribution < -0.4 is 5.32 Å². The molecule has 1 heterocycles. The fourth-order valence-corrected chi connectivity index (χ4v) is 6.18. The minimum absolute atomic E-state index is 0.153. The maximum Gasteiger partial charge on any atom is 0.435 e. The molecule has 0 aromatic heterocycles. The molecule has 4 unspecified atom stereocenters. The average Bonchev–Trinajstić information content (AvgIpc) is 3.31. The minimum Gasteiger partial charge on any atom is -0.480 e. The molecule has 4 fully saturated rings. The van der Waals surface area contributed by atoms with Gasteiger partial charge >= 0.3 is 12.1 Å². The number of amides is 1. The Hall–Kier alpha value is -1.34. The SMILES string of the molecule is C1CCC(NC2CCCCC2)CC1.CC1CCC(C(C)C)C(OC(=O)N2OCCC2C(=O)O)C1. The van der Waals surface area contributed by atoms with Crippen molar-refractivity contribution in [1.29, 1.82) is 0 Å². The van der Waals surface area contributed by atoms with Crippen LogP contribution in [0.5, 0.6) is 0 Å². The molecule has 0 aromatic rings. The second-order valence-corrected chi connectivity index (χ2v) is 11.4. The molecule has 1 aliphatic heterocycles. The van der Waals surface area contributed by atoms with E-state index in [2.05, 4.69) is 26.1 Å². The number of rotatable bonds is 5. The van der Waals surface area contributed by atoms with Gasteiger partial charge in [-0.1, -0.05) is 65.7 Å². The zero-order valence-corrected chi connectivity index (χ0v) is 21.7. The van der Waals surface area contributed by atoms with Crippen LogP contribution in [0.25, 0.3) is 0 Å². The monoisotopic (exact) mass is 480 g/mol. The number of hydrogen-bond acceptors (Lipinski definition) is 5. The highest BCUT2D eigenvalue weighted by Crippen LogP contribution is 2.36. The van der Waals surface area contributed by atoms with Crippen molar-refractivity contribution in [3.63, 3.8) is 0 Å². The summed E-state index contributed by atoms with van der Waals surface area (Å²) in [5.41, 5.74) is 0. The van der Waals surface area contributed by atoms with E-state index >= 15 is 0 Å². The van der Waals surface area contributed by atoms with Crippen molar-refractivity contribution in [2.45, 2.75) is 135 Å². The lowest BCUT2D eigenvalue weighted by molar-refractivity contribution is -0.160. The van der Waals surface area contributed by atoms with E-state index in [9.17, 15) is 9.59 Å². The second kappa shape index (κ2) is 13.7. The largest absolute Gasteiger partial charge is 0.480 e. The van der Waals surface area contributed by atoms with Gasteiger partial charge in [0.15, 0.2) is 6.04 Å². The Kier molecular flexibility index (Phi) is 11.0. The van der Waals surface area contributed by atoms with Gasteiger partial charge in [-0.15, -0.1) is 0 Å². The Balaban J connectivity index is 0.000000212. The number of aliphatic carboxylic acids is 1. The Bertz CT molecular complexity index is 615. The zero-order valence-electron chi connectivity index (χ0n) is 21.7. The summed E-state index contributed by atoms with van der Waals surface area (Å²) in [5, 5.41) is 13.8. The number of nitrogens with one attached hydrogen (secondary N) is 1. The van der Waals surface area contributed by atoms with Gasteiger partial charge in [-0.05, 0) is 56.3 Å². The number of carboxylic acid groups (broad SMARTS) is 1. The summed E-state index contributed by atoms with van der Waals surface area (Å²) < 4.78 is 5.60. The molecule has 3 saturated carbocycles. The van der Waals surface area contributed by atoms with Gasteiger partial charge < -0.3 is 15.2 Å². The summed E-state index contributed by atoms with van der Waals surface area (Å²) in [5.74, 6) is 0.232. The molecule has 0 radical (unpaired) electrons. The number of nitrogens with zero attached hydrogens (tertiary/aromatic N) is 1. The van der Waals surface area contributed by atoms with E-state index in [0.29, 0.717) is 24.2 Å². The summed E-state index contributed by atoms with van der Waals surface area (Å²) in [6, 6.07) is 0.810. The number of hydroxylamine groups is 2. The third-order valence-corrected chi connectivity index (χ3v) is 8.27. The van der Waals surface area contributed by atoms with Crippen LogP contribution in [0, 0.1) is 17.8 Å². The van der Waals surface area contributed by atoms with Crippen molar-refractivity contribution in [2.75, 3.05) is 6.61 Å². The molecule has 1 amide bonds. The lowest BCUT2D eigenvalue weighted by atomic mass is 9.75. The van der Waals surface area contributed by atoms with Gasteiger partial charge in [-0.2, -0.15) is 5.06 Å². The molecular weight excluding hydrogens is 432 g/mol. The third-order valence-electron chi connectivity index (χ3n) is 8.27. The van der Waals surface area contributed by atoms with Crippen molar-refractivity contribution >= 4 is 12.1 Å². The topological polar surface area (TPSA) is 88.1 Å². The number of ether oxygens (including phenoxy) is 1. The highest BCUT2D eigenvalue weighted by molar-refractivity contribution is 5.79. The first-order valence-corrected chi connectivity index (χ1v) is 14.0. The maximum atomic E-state index is 12.2. The summed E-state index contributed by atoms with van der Waals surface area (Å²) in [7, 11) is 0. The van der Waals surface area contributed by atoms with Crippen molar-refractivity contribution in [3.05, 3.63) is 0 Å². The minimum atomic E-state index is -1.05. The average molecular weight is 481 g/mol. The Morgan fingerprint density at radius 1 is 0.912 bits per heavy atom. The van der Waals surface area contributed by atoms with Crippen molar-refractivity contribution < 1.29 is 24.3 Å². The molecule has 4 rings (SSSR count). The van der Waals surface area contributed by atoms with Gasteiger partial charge in [0.25, 0.3) is 0 Å². The smallest absolute Gasteiger partial charge is 0.435 e. The van der Waals surface area contributed by atoms with Crippen LogP contribution in [-0.2, 0) is 14.4 Å². The van der Waals surface area contributed by atoms with Gasteiger partial charge in [0.05, 0.1) is 6.61 Å². The van der Waals surface area contributed by atoms with Gasteiger partial charge in [0.1, 0.15) is 6.10 Å². The first-order valence-electron chi connectivity index (χ1n) is 14.0. The quantitative estimate of drug-likeness (QED) is 0.508. The number of carbonyl (C=O) groups excluding carboxylic acids is 1. The van der Waals surface area contributed by atoms with E-state index < -0.39 is 18.1 Å². The van der Waals surface area contributed by atoms with Crippen LogP contribution in [0.4, 0.5) is 4.79 Å². The number of hydrogen-bond donors (Lipinski definition) is 2. The molecular formula is C27H48N2O5. The van der Waals surface area contributed by atoms with E-state index in [1.807, 2.05) is 0 Å². The molecule has 1 saturated heterocycles. The van der Waals surface area contributed by atoms with E-state index in [1.165, 1.54) is 64.2 Å². The fourth-order valence-electron chi connectivity index (χ4n) is 6.18. The maximum absolute atomic E-state index is 12.2. The Morgan fingerprint density at radius 2 is 1.50 bits per heavy atom. The van der Waals surface area contributed by atoms with Gasteiger partial charge in [-0.25, -0.2) is 9.59 Å². The van der Waals surface area contributed by atoms with Crippen molar-refractivity contribution in [1.82, 2.24) is 10.4 Å².